The van der Waals surface area contributed by atoms with Gasteiger partial charge in [0.05, 0.1) is 18.5 Å². The minimum atomic E-state index is -4.05. The van der Waals surface area contributed by atoms with E-state index in [0.29, 0.717) is 0 Å². The lowest BCUT2D eigenvalue weighted by Crippen LogP contribution is -2.34. The Morgan fingerprint density at radius 2 is 2.17 bits per heavy atom. The number of aromatic nitrogens is 1. The third-order valence-corrected chi connectivity index (χ3v) is 6.64. The van der Waals surface area contributed by atoms with E-state index < -0.39 is 27.7 Å². The summed E-state index contributed by atoms with van der Waals surface area (Å²) in [6, 6.07) is 1.39. The minimum Gasteiger partial charge on any atom is -0.469 e. The van der Waals surface area contributed by atoms with Crippen LogP contribution in [0.5, 0.6) is 0 Å². The first-order valence-electron chi connectivity index (χ1n) is 6.64. The molecule has 8 nitrogen and oxygen atoms in total. The number of carbonyl (C=O) groups excluding carboxylic acids is 1. The number of aromatic amines is 1. The predicted molar refractivity (Wildman–Crippen MR) is 90.5 cm³/mol. The number of fused-ring (bicyclic) bond motifs is 1. The van der Waals surface area contributed by atoms with Gasteiger partial charge >= 0.3 is 11.7 Å². The first kappa shape index (κ1) is 19.0. The van der Waals surface area contributed by atoms with Crippen molar-refractivity contribution in [2.24, 2.45) is 5.92 Å². The Hall–Kier alpha value is -1.36. The average Bonchev–Trinajstić information content (AvgIpc) is 2.86. The van der Waals surface area contributed by atoms with Crippen LogP contribution in [0.4, 0.5) is 0 Å². The Morgan fingerprint density at radius 1 is 1.54 bits per heavy atom. The van der Waals surface area contributed by atoms with Gasteiger partial charge in [-0.2, -0.15) is 4.31 Å². The number of oxazole rings is 1. The molecule has 132 valence electrons. The SMILES string of the molecule is COC(=O)[C@H](C)CN(C)S(=O)(=O)c1c(Br)cc2[nH]c(=O)oc2c1Cl. The van der Waals surface area contributed by atoms with Gasteiger partial charge in [-0.15, -0.1) is 0 Å². The maximum atomic E-state index is 12.8. The van der Waals surface area contributed by atoms with Crippen LogP contribution in [0.25, 0.3) is 11.1 Å². The lowest BCUT2D eigenvalue weighted by atomic mass is 10.2. The number of halogens is 2. The Labute approximate surface area is 150 Å². The number of ether oxygens (including phenoxy) is 1. The van der Waals surface area contributed by atoms with Gasteiger partial charge in [-0.3, -0.25) is 9.78 Å². The number of benzene rings is 1. The van der Waals surface area contributed by atoms with Gasteiger partial charge in [0.1, 0.15) is 9.92 Å². The molecule has 1 heterocycles. The van der Waals surface area contributed by atoms with Crippen molar-refractivity contribution in [3.63, 3.8) is 0 Å². The number of esters is 1. The van der Waals surface area contributed by atoms with Crippen molar-refractivity contribution >= 4 is 54.6 Å². The molecule has 0 aliphatic rings. The molecule has 0 bridgehead atoms. The summed E-state index contributed by atoms with van der Waals surface area (Å²) in [5, 5.41) is -0.227. The summed E-state index contributed by atoms with van der Waals surface area (Å²) in [5.41, 5.74) is 0.208. The molecule has 0 aliphatic heterocycles. The van der Waals surface area contributed by atoms with E-state index in [1.54, 1.807) is 6.92 Å². The van der Waals surface area contributed by atoms with Crippen molar-refractivity contribution in [1.29, 1.82) is 0 Å². The zero-order chi connectivity index (χ0) is 18.2. The lowest BCUT2D eigenvalue weighted by molar-refractivity contribution is -0.144. The smallest absolute Gasteiger partial charge is 0.417 e. The number of nitrogens with one attached hydrogen (secondary N) is 1. The molecule has 0 fully saturated rings. The number of hydrogen-bond acceptors (Lipinski definition) is 6. The van der Waals surface area contributed by atoms with Crippen molar-refractivity contribution in [1.82, 2.24) is 9.29 Å². The highest BCUT2D eigenvalue weighted by Crippen LogP contribution is 2.37. The Balaban J connectivity index is 2.51. The molecule has 0 unspecified atom stereocenters. The summed E-state index contributed by atoms with van der Waals surface area (Å²) in [4.78, 5) is 24.9. The van der Waals surface area contributed by atoms with Crippen molar-refractivity contribution in [2.45, 2.75) is 11.8 Å². The normalized spacial score (nSPS) is 13.4. The molecular formula is C13H14BrClN2O6S. The monoisotopic (exact) mass is 440 g/mol. The van der Waals surface area contributed by atoms with E-state index in [1.165, 1.54) is 20.2 Å². The summed E-state index contributed by atoms with van der Waals surface area (Å²) in [6.07, 6.45) is 0. The Bertz CT molecular complexity index is 951. The summed E-state index contributed by atoms with van der Waals surface area (Å²) < 4.78 is 36.2. The largest absolute Gasteiger partial charge is 0.469 e. The molecule has 0 saturated carbocycles. The van der Waals surface area contributed by atoms with Gasteiger partial charge in [0.15, 0.2) is 5.58 Å². The van der Waals surface area contributed by atoms with Gasteiger partial charge in [0.25, 0.3) is 0 Å². The van der Waals surface area contributed by atoms with E-state index in [9.17, 15) is 18.0 Å². The number of sulfonamides is 1. The number of nitrogens with zero attached hydrogens (tertiary/aromatic N) is 1. The van der Waals surface area contributed by atoms with E-state index in [4.69, 9.17) is 16.0 Å². The van der Waals surface area contributed by atoms with Crippen LogP contribution in [0.3, 0.4) is 0 Å². The molecule has 24 heavy (non-hydrogen) atoms. The topological polar surface area (TPSA) is 110 Å². The molecular weight excluding hydrogens is 428 g/mol. The fraction of sp³-hybridized carbons (Fsp3) is 0.385. The molecule has 0 saturated heterocycles. The third-order valence-electron chi connectivity index (χ3n) is 3.37. The van der Waals surface area contributed by atoms with E-state index >= 15 is 0 Å². The molecule has 1 aromatic carbocycles. The van der Waals surface area contributed by atoms with Crippen LogP contribution in [0, 0.1) is 5.92 Å². The molecule has 0 radical (unpaired) electrons. The Kier molecular flexibility index (Phi) is 5.43. The van der Waals surface area contributed by atoms with E-state index in [2.05, 4.69) is 25.7 Å². The molecule has 0 spiro atoms. The van der Waals surface area contributed by atoms with Gasteiger partial charge in [-0.25, -0.2) is 13.2 Å². The maximum Gasteiger partial charge on any atom is 0.417 e. The third kappa shape index (κ3) is 3.37. The number of H-pyrrole nitrogens is 1. The van der Waals surface area contributed by atoms with Gasteiger partial charge in [0, 0.05) is 18.1 Å². The van der Waals surface area contributed by atoms with Crippen molar-refractivity contribution in [3.8, 4) is 0 Å². The van der Waals surface area contributed by atoms with Crippen molar-refractivity contribution < 1.29 is 22.4 Å². The standard InChI is InChI=1S/C13H14BrClN2O6S/c1-6(12(18)22-3)5-17(2)24(20,21)11-7(14)4-8-10(9(11)15)23-13(19)16-8/h4,6H,5H2,1-3H3,(H,16,19)/t6-/m1/s1. The summed E-state index contributed by atoms with van der Waals surface area (Å²) >= 11 is 9.28. The fourth-order valence-corrected chi connectivity index (χ4v) is 5.20. The molecule has 2 rings (SSSR count). The van der Waals surface area contributed by atoms with Crippen LogP contribution in [0.2, 0.25) is 5.02 Å². The number of methoxy groups -OCH3 is 1. The molecule has 1 atom stereocenters. The average molecular weight is 442 g/mol. The second-order valence-corrected chi connectivity index (χ2v) is 8.32. The summed E-state index contributed by atoms with van der Waals surface area (Å²) in [7, 11) is -1.51. The number of rotatable bonds is 5. The highest BCUT2D eigenvalue weighted by molar-refractivity contribution is 9.10. The van der Waals surface area contributed by atoms with Crippen LogP contribution in [0.1, 0.15) is 6.92 Å². The lowest BCUT2D eigenvalue weighted by Gasteiger charge is -2.21. The van der Waals surface area contributed by atoms with Crippen LogP contribution in [-0.4, -0.2) is 44.4 Å². The minimum absolute atomic E-state index is 0.0575. The van der Waals surface area contributed by atoms with Crippen molar-refractivity contribution in [2.75, 3.05) is 20.7 Å². The first-order chi connectivity index (χ1) is 11.1. The van der Waals surface area contributed by atoms with E-state index in [0.717, 1.165) is 4.31 Å². The fourth-order valence-electron chi connectivity index (χ4n) is 2.16. The molecule has 0 aliphatic carbocycles. The zero-order valence-electron chi connectivity index (χ0n) is 12.9. The first-order valence-corrected chi connectivity index (χ1v) is 9.25. The highest BCUT2D eigenvalue weighted by atomic mass is 79.9. The van der Waals surface area contributed by atoms with E-state index in [1.807, 2.05) is 0 Å². The van der Waals surface area contributed by atoms with Crippen LogP contribution >= 0.6 is 27.5 Å². The van der Waals surface area contributed by atoms with Gasteiger partial charge in [0.2, 0.25) is 10.0 Å². The zero-order valence-corrected chi connectivity index (χ0v) is 16.1. The molecule has 1 aromatic heterocycles. The van der Waals surface area contributed by atoms with Gasteiger partial charge in [-0.1, -0.05) is 18.5 Å². The second kappa shape index (κ2) is 6.87. The quantitative estimate of drug-likeness (QED) is 0.710. The second-order valence-electron chi connectivity index (χ2n) is 5.10. The summed E-state index contributed by atoms with van der Waals surface area (Å²) in [6.45, 7) is 1.44. The van der Waals surface area contributed by atoms with Crippen LogP contribution in [-0.2, 0) is 19.6 Å². The number of carbonyl (C=O) groups is 1. The van der Waals surface area contributed by atoms with Crippen LogP contribution < -0.4 is 5.76 Å². The molecule has 2 aromatic rings. The van der Waals surface area contributed by atoms with Crippen LogP contribution in [0.15, 0.2) is 24.6 Å². The Morgan fingerprint density at radius 3 is 2.75 bits per heavy atom. The molecule has 11 heteroatoms. The van der Waals surface area contributed by atoms with Crippen molar-refractivity contribution in [3.05, 3.63) is 26.1 Å². The summed E-state index contributed by atoms with van der Waals surface area (Å²) in [5.74, 6) is -1.95. The molecule has 0 amide bonds. The van der Waals surface area contributed by atoms with Gasteiger partial charge < -0.3 is 9.15 Å². The van der Waals surface area contributed by atoms with E-state index in [-0.39, 0.29) is 32.0 Å². The predicted octanol–water partition coefficient (Wildman–Crippen LogP) is 1.97. The van der Waals surface area contributed by atoms with Gasteiger partial charge in [-0.05, 0) is 22.0 Å². The maximum absolute atomic E-state index is 12.8. The number of hydrogen-bond donors (Lipinski definition) is 1. The highest BCUT2D eigenvalue weighted by Gasteiger charge is 2.31. The molecule has 1 N–H and O–H groups in total.